The van der Waals surface area contributed by atoms with Crippen molar-refractivity contribution < 1.29 is 9.21 Å². The van der Waals surface area contributed by atoms with Crippen LogP contribution in [0.4, 0.5) is 11.8 Å². The van der Waals surface area contributed by atoms with E-state index in [-0.39, 0.29) is 23.0 Å². The van der Waals surface area contributed by atoms with Crippen LogP contribution in [0.1, 0.15) is 32.6 Å². The molecule has 8 nitrogen and oxygen atoms in total. The van der Waals surface area contributed by atoms with E-state index in [0.29, 0.717) is 16.8 Å². The molecule has 26 heavy (non-hydrogen) atoms. The van der Waals surface area contributed by atoms with E-state index in [2.05, 4.69) is 20.5 Å². The number of rotatable bonds is 4. The number of aromatic nitrogens is 3. The van der Waals surface area contributed by atoms with Crippen molar-refractivity contribution in [1.82, 2.24) is 20.1 Å². The summed E-state index contributed by atoms with van der Waals surface area (Å²) in [5.74, 6) is 0.580. The smallest absolute Gasteiger partial charge is 0.316 e. The number of nitrogens with two attached hydrogens (primary N) is 1. The number of piperidine rings is 1. The summed E-state index contributed by atoms with van der Waals surface area (Å²) in [5, 5.41) is 11.1. The van der Waals surface area contributed by atoms with Gasteiger partial charge in [-0.1, -0.05) is 16.7 Å². The van der Waals surface area contributed by atoms with E-state index < -0.39 is 6.04 Å². The Hall–Kier alpha value is -2.35. The van der Waals surface area contributed by atoms with Crippen LogP contribution in [0.25, 0.3) is 11.5 Å². The van der Waals surface area contributed by atoms with Crippen molar-refractivity contribution in [1.29, 1.82) is 0 Å². The van der Waals surface area contributed by atoms with Gasteiger partial charge in [-0.05, 0) is 50.2 Å². The third-order valence-corrected chi connectivity index (χ3v) is 5.62. The van der Waals surface area contributed by atoms with E-state index in [1.807, 2.05) is 4.90 Å². The zero-order valence-corrected chi connectivity index (χ0v) is 15.3. The van der Waals surface area contributed by atoms with Crippen LogP contribution < -0.4 is 11.1 Å². The second kappa shape index (κ2) is 6.42. The minimum absolute atomic E-state index is 0.0485. The van der Waals surface area contributed by atoms with Crippen molar-refractivity contribution in [2.75, 3.05) is 24.1 Å². The van der Waals surface area contributed by atoms with Gasteiger partial charge in [0.15, 0.2) is 0 Å². The number of amides is 1. The lowest BCUT2D eigenvalue weighted by atomic mass is 9.93. The number of likely N-dealkylation sites (tertiary alicyclic amines) is 1. The molecule has 2 aromatic heterocycles. The molecule has 2 fully saturated rings. The molecule has 1 saturated heterocycles. The molecule has 1 aliphatic heterocycles. The van der Waals surface area contributed by atoms with Crippen LogP contribution in [-0.2, 0) is 4.79 Å². The summed E-state index contributed by atoms with van der Waals surface area (Å²) in [6.45, 7) is 3.45. The van der Waals surface area contributed by atoms with Crippen molar-refractivity contribution in [2.45, 2.75) is 38.6 Å². The van der Waals surface area contributed by atoms with Gasteiger partial charge < -0.3 is 20.4 Å². The Balaban J connectivity index is 1.39. The van der Waals surface area contributed by atoms with Gasteiger partial charge >= 0.3 is 6.01 Å². The number of carbonyl (C=O) groups is 1. The zero-order valence-electron chi connectivity index (χ0n) is 14.5. The predicted octanol–water partition coefficient (Wildman–Crippen LogP) is 2.57. The van der Waals surface area contributed by atoms with Gasteiger partial charge in [-0.15, -0.1) is 5.10 Å². The lowest BCUT2D eigenvalue weighted by molar-refractivity contribution is -0.133. The molecule has 1 aliphatic carbocycles. The number of nitrogen functional groups attached to an aromatic ring is 1. The monoisotopic (exact) mass is 376 g/mol. The van der Waals surface area contributed by atoms with E-state index in [1.165, 1.54) is 12.8 Å². The molecule has 2 aromatic rings. The summed E-state index contributed by atoms with van der Waals surface area (Å²) in [7, 11) is 0. The maximum Gasteiger partial charge on any atom is 0.316 e. The van der Waals surface area contributed by atoms with E-state index in [9.17, 15) is 4.79 Å². The molecule has 9 heteroatoms. The number of nitrogens with zero attached hydrogens (tertiary/aromatic N) is 4. The van der Waals surface area contributed by atoms with Crippen molar-refractivity contribution in [3.05, 3.63) is 17.3 Å². The van der Waals surface area contributed by atoms with Crippen LogP contribution in [0.5, 0.6) is 0 Å². The van der Waals surface area contributed by atoms with Crippen LogP contribution in [-0.4, -0.2) is 45.1 Å². The van der Waals surface area contributed by atoms with Gasteiger partial charge in [-0.2, -0.15) is 0 Å². The summed E-state index contributed by atoms with van der Waals surface area (Å²) < 4.78 is 5.57. The SMILES string of the molecule is C[C@@H](Nc1nnc(-c2ccc(N)nc2Cl)o1)C(=O)N1CCC2(CC1)CC2. The number of carbonyl (C=O) groups excluding carboxylic acids is 1. The average Bonchev–Trinajstić information content (AvgIpc) is 3.21. The Bertz CT molecular complexity index is 824. The van der Waals surface area contributed by atoms with E-state index in [4.69, 9.17) is 21.8 Å². The van der Waals surface area contributed by atoms with Gasteiger partial charge in [0.05, 0.1) is 5.56 Å². The average molecular weight is 377 g/mol. The number of hydrogen-bond donors (Lipinski definition) is 2. The van der Waals surface area contributed by atoms with Crippen molar-refractivity contribution in [3.63, 3.8) is 0 Å². The number of nitrogens with one attached hydrogen (secondary N) is 1. The fraction of sp³-hybridized carbons (Fsp3) is 0.529. The Kier molecular flexibility index (Phi) is 4.22. The topological polar surface area (TPSA) is 110 Å². The first kappa shape index (κ1) is 17.1. The molecule has 4 rings (SSSR count). The number of anilines is 2. The highest BCUT2D eigenvalue weighted by atomic mass is 35.5. The largest absolute Gasteiger partial charge is 0.403 e. The molecule has 1 spiro atoms. The molecule has 0 radical (unpaired) electrons. The Morgan fingerprint density at radius 2 is 2.04 bits per heavy atom. The molecule has 3 N–H and O–H groups in total. The highest BCUT2D eigenvalue weighted by Crippen LogP contribution is 2.53. The predicted molar refractivity (Wildman–Crippen MR) is 97.5 cm³/mol. The van der Waals surface area contributed by atoms with E-state index in [1.54, 1.807) is 19.1 Å². The van der Waals surface area contributed by atoms with E-state index in [0.717, 1.165) is 25.9 Å². The fourth-order valence-electron chi connectivity index (χ4n) is 3.40. The molecule has 1 atom stereocenters. The highest BCUT2D eigenvalue weighted by molar-refractivity contribution is 6.32. The molecule has 1 saturated carbocycles. The summed E-state index contributed by atoms with van der Waals surface area (Å²) in [5.41, 5.74) is 6.62. The minimum atomic E-state index is -0.448. The third-order valence-electron chi connectivity index (χ3n) is 5.33. The van der Waals surface area contributed by atoms with Gasteiger partial charge in [0, 0.05) is 13.1 Å². The minimum Gasteiger partial charge on any atom is -0.403 e. The first-order chi connectivity index (χ1) is 12.5. The van der Waals surface area contributed by atoms with Crippen LogP contribution >= 0.6 is 11.6 Å². The normalized spacial score (nSPS) is 19.4. The number of halogens is 1. The zero-order chi connectivity index (χ0) is 18.3. The maximum absolute atomic E-state index is 12.6. The van der Waals surface area contributed by atoms with Gasteiger partial charge in [-0.3, -0.25) is 4.79 Å². The van der Waals surface area contributed by atoms with Gasteiger partial charge in [-0.25, -0.2) is 4.98 Å². The molecule has 138 valence electrons. The number of hydrogen-bond acceptors (Lipinski definition) is 7. The van der Waals surface area contributed by atoms with Crippen LogP contribution in [0.3, 0.4) is 0 Å². The quantitative estimate of drug-likeness (QED) is 0.789. The van der Waals surface area contributed by atoms with Gasteiger partial charge in [0.25, 0.3) is 5.89 Å². The molecule has 0 aromatic carbocycles. The van der Waals surface area contributed by atoms with Gasteiger partial charge in [0.2, 0.25) is 5.91 Å². The Labute approximate surface area is 156 Å². The molecular formula is C17H21ClN6O2. The van der Waals surface area contributed by atoms with Crippen molar-refractivity contribution in [2.24, 2.45) is 5.41 Å². The molecular weight excluding hydrogens is 356 g/mol. The van der Waals surface area contributed by atoms with Crippen molar-refractivity contribution >= 4 is 29.3 Å². The summed E-state index contributed by atoms with van der Waals surface area (Å²) in [6, 6.07) is 2.99. The first-order valence-corrected chi connectivity index (χ1v) is 9.15. The second-order valence-corrected chi connectivity index (χ2v) is 7.54. The van der Waals surface area contributed by atoms with Crippen LogP contribution in [0.2, 0.25) is 5.15 Å². The number of pyridine rings is 1. The molecule has 0 unspecified atom stereocenters. The first-order valence-electron chi connectivity index (χ1n) is 8.77. The van der Waals surface area contributed by atoms with Gasteiger partial charge in [0.1, 0.15) is 17.0 Å². The standard InChI is InChI=1S/C17H21ClN6O2/c1-10(15(25)24-8-6-17(4-5-17)7-9-24)20-16-23-22-14(26-16)11-2-3-12(19)21-13(11)18/h2-3,10H,4-9H2,1H3,(H2,19,21)(H,20,23)/t10-/m1/s1. The lowest BCUT2D eigenvalue weighted by Crippen LogP contribution is -2.45. The lowest BCUT2D eigenvalue weighted by Gasteiger charge is -2.33. The highest BCUT2D eigenvalue weighted by Gasteiger charge is 2.45. The summed E-state index contributed by atoms with van der Waals surface area (Å²) in [4.78, 5) is 18.5. The van der Waals surface area contributed by atoms with Crippen LogP contribution in [0.15, 0.2) is 16.5 Å². The van der Waals surface area contributed by atoms with Crippen LogP contribution in [0, 0.1) is 5.41 Å². The maximum atomic E-state index is 12.6. The summed E-state index contributed by atoms with van der Waals surface area (Å²) >= 11 is 6.06. The third kappa shape index (κ3) is 3.33. The molecule has 0 bridgehead atoms. The molecule has 1 amide bonds. The second-order valence-electron chi connectivity index (χ2n) is 7.18. The van der Waals surface area contributed by atoms with Crippen molar-refractivity contribution in [3.8, 4) is 11.5 Å². The summed E-state index contributed by atoms with van der Waals surface area (Å²) in [6.07, 6.45) is 4.85. The fourth-order valence-corrected chi connectivity index (χ4v) is 3.64. The molecule has 2 aliphatic rings. The molecule has 3 heterocycles. The van der Waals surface area contributed by atoms with E-state index >= 15 is 0 Å². The Morgan fingerprint density at radius 1 is 1.31 bits per heavy atom. The Morgan fingerprint density at radius 3 is 2.69 bits per heavy atom.